The van der Waals surface area contributed by atoms with Gasteiger partial charge in [-0.2, -0.15) is 0 Å². The molecule has 1 atom stereocenters. The first-order valence-corrected chi connectivity index (χ1v) is 5.42. The van der Waals surface area contributed by atoms with Crippen LogP contribution in [0.1, 0.15) is 19.8 Å². The Bertz CT molecular complexity index is 312. The van der Waals surface area contributed by atoms with Crippen LogP contribution in [0.5, 0.6) is 0 Å². The van der Waals surface area contributed by atoms with Crippen molar-refractivity contribution in [1.29, 1.82) is 0 Å². The second-order valence-electron chi connectivity index (χ2n) is 3.96. The third-order valence-corrected chi connectivity index (χ3v) is 2.88. The summed E-state index contributed by atoms with van der Waals surface area (Å²) >= 11 is 0. The summed E-state index contributed by atoms with van der Waals surface area (Å²) in [6.07, 6.45) is 3.49. The van der Waals surface area contributed by atoms with E-state index in [-0.39, 0.29) is 11.9 Å². The highest BCUT2D eigenvalue weighted by molar-refractivity contribution is 5.85. The molecular formula is C11H18N2O3. The minimum absolute atomic E-state index is 0.0129. The van der Waals surface area contributed by atoms with Gasteiger partial charge in [0.2, 0.25) is 5.91 Å². The SMILES string of the molecule is CNC(=O)C1CCCN1CC=C(C)C(=O)O. The molecule has 0 aromatic heterocycles. The molecule has 0 aliphatic carbocycles. The van der Waals surface area contributed by atoms with Gasteiger partial charge in [-0.1, -0.05) is 6.08 Å². The molecule has 1 fully saturated rings. The lowest BCUT2D eigenvalue weighted by molar-refractivity contribution is -0.132. The zero-order chi connectivity index (χ0) is 12.1. The molecular weight excluding hydrogens is 208 g/mol. The number of likely N-dealkylation sites (N-methyl/N-ethyl adjacent to an activating group) is 1. The lowest BCUT2D eigenvalue weighted by Gasteiger charge is -2.21. The fourth-order valence-electron chi connectivity index (χ4n) is 1.85. The number of carboxylic acid groups (broad SMARTS) is 1. The van der Waals surface area contributed by atoms with Gasteiger partial charge < -0.3 is 10.4 Å². The van der Waals surface area contributed by atoms with Gasteiger partial charge in [0.15, 0.2) is 0 Å². The van der Waals surface area contributed by atoms with E-state index in [0.29, 0.717) is 12.1 Å². The minimum atomic E-state index is -0.907. The predicted octanol–water partition coefficient (Wildman–Crippen LogP) is 0.228. The number of amides is 1. The lowest BCUT2D eigenvalue weighted by atomic mass is 10.2. The number of carbonyl (C=O) groups excluding carboxylic acids is 1. The Morgan fingerprint density at radius 2 is 2.25 bits per heavy atom. The molecule has 0 bridgehead atoms. The van der Waals surface area contributed by atoms with Gasteiger partial charge in [-0.05, 0) is 26.3 Å². The fraction of sp³-hybridized carbons (Fsp3) is 0.636. The summed E-state index contributed by atoms with van der Waals surface area (Å²) in [5.41, 5.74) is 0.322. The number of aliphatic carboxylic acids is 1. The Balaban J connectivity index is 2.57. The first-order valence-electron chi connectivity index (χ1n) is 5.42. The molecule has 5 heteroatoms. The Kier molecular flexibility index (Phi) is 4.49. The Morgan fingerprint density at radius 3 is 2.81 bits per heavy atom. The van der Waals surface area contributed by atoms with Crippen molar-refractivity contribution in [3.05, 3.63) is 11.6 Å². The van der Waals surface area contributed by atoms with E-state index in [1.807, 2.05) is 4.90 Å². The van der Waals surface area contributed by atoms with Gasteiger partial charge in [-0.15, -0.1) is 0 Å². The van der Waals surface area contributed by atoms with Crippen molar-refractivity contribution in [2.75, 3.05) is 20.1 Å². The van der Waals surface area contributed by atoms with Crippen LogP contribution in [0.4, 0.5) is 0 Å². The first-order chi connectivity index (χ1) is 7.56. The van der Waals surface area contributed by atoms with Gasteiger partial charge in [-0.3, -0.25) is 9.69 Å². The van der Waals surface area contributed by atoms with E-state index >= 15 is 0 Å². The molecule has 1 amide bonds. The largest absolute Gasteiger partial charge is 0.478 e. The van der Waals surface area contributed by atoms with Crippen LogP contribution < -0.4 is 5.32 Å². The standard InChI is InChI=1S/C11H18N2O3/c1-8(11(15)16)5-7-13-6-3-4-9(13)10(14)12-2/h5,9H,3-4,6-7H2,1-2H3,(H,12,14)(H,15,16). The quantitative estimate of drug-likeness (QED) is 0.673. The second kappa shape index (κ2) is 5.65. The molecule has 90 valence electrons. The van der Waals surface area contributed by atoms with Crippen molar-refractivity contribution < 1.29 is 14.7 Å². The van der Waals surface area contributed by atoms with E-state index in [9.17, 15) is 9.59 Å². The van der Waals surface area contributed by atoms with Gasteiger partial charge in [0.1, 0.15) is 0 Å². The van der Waals surface area contributed by atoms with E-state index in [4.69, 9.17) is 5.11 Å². The number of carboxylic acids is 1. The average molecular weight is 226 g/mol. The number of hydrogen-bond acceptors (Lipinski definition) is 3. The van der Waals surface area contributed by atoms with Crippen LogP contribution in [0.25, 0.3) is 0 Å². The van der Waals surface area contributed by atoms with Gasteiger partial charge >= 0.3 is 5.97 Å². The molecule has 0 aromatic rings. The first kappa shape index (κ1) is 12.7. The smallest absolute Gasteiger partial charge is 0.330 e. The van der Waals surface area contributed by atoms with E-state index in [1.54, 1.807) is 20.0 Å². The van der Waals surface area contributed by atoms with Crippen LogP contribution in [0.2, 0.25) is 0 Å². The van der Waals surface area contributed by atoms with Gasteiger partial charge in [0.05, 0.1) is 6.04 Å². The third kappa shape index (κ3) is 3.06. The summed E-state index contributed by atoms with van der Waals surface area (Å²) in [4.78, 5) is 24.1. The van der Waals surface area contributed by atoms with Crippen molar-refractivity contribution in [2.45, 2.75) is 25.8 Å². The molecule has 1 saturated heterocycles. The Labute approximate surface area is 95.1 Å². The molecule has 1 rings (SSSR count). The van der Waals surface area contributed by atoms with Gasteiger partial charge in [0, 0.05) is 19.2 Å². The van der Waals surface area contributed by atoms with Gasteiger partial charge in [0.25, 0.3) is 0 Å². The van der Waals surface area contributed by atoms with Crippen molar-refractivity contribution in [1.82, 2.24) is 10.2 Å². The van der Waals surface area contributed by atoms with Crippen LogP contribution >= 0.6 is 0 Å². The molecule has 0 saturated carbocycles. The zero-order valence-corrected chi connectivity index (χ0v) is 9.69. The van der Waals surface area contributed by atoms with E-state index < -0.39 is 5.97 Å². The maximum atomic E-state index is 11.5. The van der Waals surface area contributed by atoms with Crippen LogP contribution in [0.3, 0.4) is 0 Å². The zero-order valence-electron chi connectivity index (χ0n) is 9.69. The molecule has 0 spiro atoms. The van der Waals surface area contributed by atoms with Crippen LogP contribution in [0, 0.1) is 0 Å². The predicted molar refractivity (Wildman–Crippen MR) is 60.1 cm³/mol. The normalized spacial score (nSPS) is 22.1. The third-order valence-electron chi connectivity index (χ3n) is 2.88. The van der Waals surface area contributed by atoms with Crippen molar-refractivity contribution in [3.63, 3.8) is 0 Å². The second-order valence-corrected chi connectivity index (χ2v) is 3.96. The number of nitrogens with one attached hydrogen (secondary N) is 1. The highest BCUT2D eigenvalue weighted by Crippen LogP contribution is 2.17. The molecule has 1 aliphatic rings. The molecule has 0 radical (unpaired) electrons. The number of rotatable bonds is 4. The maximum Gasteiger partial charge on any atom is 0.330 e. The summed E-state index contributed by atoms with van der Waals surface area (Å²) in [6, 6.07) is -0.108. The monoisotopic (exact) mass is 226 g/mol. The van der Waals surface area contributed by atoms with Gasteiger partial charge in [-0.25, -0.2) is 4.79 Å². The van der Waals surface area contributed by atoms with E-state index in [1.165, 1.54) is 0 Å². The van der Waals surface area contributed by atoms with Crippen molar-refractivity contribution in [3.8, 4) is 0 Å². The molecule has 5 nitrogen and oxygen atoms in total. The molecule has 1 unspecified atom stereocenters. The highest BCUT2D eigenvalue weighted by Gasteiger charge is 2.28. The summed E-state index contributed by atoms with van der Waals surface area (Å²) in [6.45, 7) is 2.94. The highest BCUT2D eigenvalue weighted by atomic mass is 16.4. The number of carbonyl (C=O) groups is 2. The summed E-state index contributed by atoms with van der Waals surface area (Å²) < 4.78 is 0. The molecule has 2 N–H and O–H groups in total. The van der Waals surface area contributed by atoms with Crippen molar-refractivity contribution >= 4 is 11.9 Å². The number of nitrogens with zero attached hydrogens (tertiary/aromatic N) is 1. The minimum Gasteiger partial charge on any atom is -0.478 e. The average Bonchev–Trinajstić information content (AvgIpc) is 2.72. The summed E-state index contributed by atoms with van der Waals surface area (Å²) in [5, 5.41) is 11.3. The van der Waals surface area contributed by atoms with Crippen LogP contribution in [-0.4, -0.2) is 48.1 Å². The Hall–Kier alpha value is -1.36. The molecule has 1 aliphatic heterocycles. The number of hydrogen-bond donors (Lipinski definition) is 2. The van der Waals surface area contributed by atoms with E-state index in [0.717, 1.165) is 19.4 Å². The summed E-state index contributed by atoms with van der Waals surface area (Å²) in [5.74, 6) is -0.894. The fourth-order valence-corrected chi connectivity index (χ4v) is 1.85. The number of likely N-dealkylation sites (tertiary alicyclic amines) is 1. The van der Waals surface area contributed by atoms with Crippen LogP contribution in [-0.2, 0) is 9.59 Å². The summed E-state index contributed by atoms with van der Waals surface area (Å²) in [7, 11) is 1.62. The topological polar surface area (TPSA) is 69.6 Å². The molecule has 1 heterocycles. The van der Waals surface area contributed by atoms with E-state index in [2.05, 4.69) is 5.32 Å². The van der Waals surface area contributed by atoms with Crippen molar-refractivity contribution in [2.24, 2.45) is 0 Å². The molecule has 16 heavy (non-hydrogen) atoms. The van der Waals surface area contributed by atoms with Crippen LogP contribution in [0.15, 0.2) is 11.6 Å². The molecule has 0 aromatic carbocycles. The lowest BCUT2D eigenvalue weighted by Crippen LogP contribution is -2.41. The Morgan fingerprint density at radius 1 is 1.56 bits per heavy atom. The maximum absolute atomic E-state index is 11.5.